The van der Waals surface area contributed by atoms with Gasteiger partial charge in [0.15, 0.2) is 0 Å². The average molecular weight is 607 g/mol. The molecule has 0 radical (unpaired) electrons. The van der Waals surface area contributed by atoms with Crippen LogP contribution in [0.15, 0.2) is 78.9 Å². The number of nitro groups is 1. The average Bonchev–Trinajstić information content (AvgIpc) is 3.04. The van der Waals surface area contributed by atoms with Crippen molar-refractivity contribution in [2.24, 2.45) is 0 Å². The van der Waals surface area contributed by atoms with Gasteiger partial charge < -0.3 is 30.9 Å². The first kappa shape index (κ1) is 34.3. The first-order chi connectivity index (χ1) is 21.2. The number of carbonyl (C=O) groups excluding carboxylic acids is 2. The van der Waals surface area contributed by atoms with Gasteiger partial charge in [0.25, 0.3) is 17.5 Å². The zero-order valence-corrected chi connectivity index (χ0v) is 25.1. The number of nitro benzene ring substituents is 1. The Morgan fingerprint density at radius 1 is 0.886 bits per heavy atom. The molecule has 0 aromatic heterocycles. The molecular weight excluding hydrogens is 564 g/mol. The highest BCUT2D eigenvalue weighted by molar-refractivity contribution is 5.99. The topological polar surface area (TPSA) is 165 Å². The Labute approximate surface area is 257 Å². The van der Waals surface area contributed by atoms with Gasteiger partial charge in [0.1, 0.15) is 0 Å². The van der Waals surface area contributed by atoms with Crippen molar-refractivity contribution in [2.75, 3.05) is 26.2 Å². The van der Waals surface area contributed by atoms with Crippen molar-refractivity contribution in [3.8, 4) is 0 Å². The Balaban J connectivity index is 1.74. The third-order valence-corrected chi connectivity index (χ3v) is 7.34. The molecule has 0 aliphatic rings. The van der Waals surface area contributed by atoms with Gasteiger partial charge in [-0.25, -0.2) is 0 Å². The lowest BCUT2D eigenvalue weighted by Crippen LogP contribution is -2.51. The Kier molecular flexibility index (Phi) is 13.4. The summed E-state index contributed by atoms with van der Waals surface area (Å²) in [7, 11) is 0. The first-order valence-corrected chi connectivity index (χ1v) is 14.9. The van der Waals surface area contributed by atoms with Gasteiger partial charge in [-0.3, -0.25) is 19.7 Å². The molecule has 0 saturated heterocycles. The molecule has 0 aliphatic heterocycles. The second-order valence-electron chi connectivity index (χ2n) is 10.7. The van der Waals surface area contributed by atoms with E-state index in [0.29, 0.717) is 30.6 Å². The maximum Gasteiger partial charge on any atom is 0.269 e. The zero-order valence-electron chi connectivity index (χ0n) is 25.1. The second kappa shape index (κ2) is 17.2. The van der Waals surface area contributed by atoms with E-state index in [4.69, 9.17) is 0 Å². The summed E-state index contributed by atoms with van der Waals surface area (Å²) in [5.74, 6) is -0.600. The van der Waals surface area contributed by atoms with Gasteiger partial charge >= 0.3 is 0 Å². The standard InChI is InChI=1S/C33H42N4O7/c1-3-17-36(18-4-2)33(42)26-12-8-11-25(20-26)32(41)35-28(19-23-9-6-5-7-10-23)30(39)21-34-29(22-38)31(40)24-13-15-27(16-14-24)37(43)44/h5-16,20,28-31,34,38-40H,3-4,17-19,21-22H2,1-2H3,(H,35,41)/t28-,29-,30?,31?/m0/s1. The van der Waals surface area contributed by atoms with Crippen LogP contribution in [0.3, 0.4) is 0 Å². The lowest BCUT2D eigenvalue weighted by molar-refractivity contribution is -0.384. The molecule has 2 unspecified atom stereocenters. The van der Waals surface area contributed by atoms with E-state index in [-0.39, 0.29) is 23.7 Å². The molecule has 4 atom stereocenters. The van der Waals surface area contributed by atoms with Gasteiger partial charge in [-0.2, -0.15) is 0 Å². The molecule has 0 fully saturated rings. The van der Waals surface area contributed by atoms with E-state index in [1.165, 1.54) is 24.3 Å². The fourth-order valence-corrected chi connectivity index (χ4v) is 4.95. The first-order valence-electron chi connectivity index (χ1n) is 14.9. The van der Waals surface area contributed by atoms with Crippen LogP contribution >= 0.6 is 0 Å². The number of hydrogen-bond donors (Lipinski definition) is 5. The number of amides is 2. The van der Waals surface area contributed by atoms with Crippen LogP contribution in [-0.4, -0.2) is 81.4 Å². The van der Waals surface area contributed by atoms with Crippen molar-refractivity contribution >= 4 is 17.5 Å². The van der Waals surface area contributed by atoms with Crippen LogP contribution in [0, 0.1) is 10.1 Å². The Hall–Kier alpha value is -4.16. The summed E-state index contributed by atoms with van der Waals surface area (Å²) in [6.45, 7) is 4.69. The van der Waals surface area contributed by atoms with Crippen LogP contribution in [-0.2, 0) is 6.42 Å². The minimum Gasteiger partial charge on any atom is -0.395 e. The molecule has 11 nitrogen and oxygen atoms in total. The lowest BCUT2D eigenvalue weighted by atomic mass is 9.99. The van der Waals surface area contributed by atoms with Crippen LogP contribution < -0.4 is 10.6 Å². The normalized spacial score (nSPS) is 13.8. The number of hydrogen-bond acceptors (Lipinski definition) is 8. The van der Waals surface area contributed by atoms with Gasteiger partial charge in [0.05, 0.1) is 35.8 Å². The largest absolute Gasteiger partial charge is 0.395 e. The van der Waals surface area contributed by atoms with Crippen molar-refractivity contribution in [1.29, 1.82) is 0 Å². The summed E-state index contributed by atoms with van der Waals surface area (Å²) < 4.78 is 0. The van der Waals surface area contributed by atoms with E-state index in [9.17, 15) is 35.0 Å². The third kappa shape index (κ3) is 9.68. The number of nitrogens with zero attached hydrogens (tertiary/aromatic N) is 2. The molecule has 3 aromatic carbocycles. The van der Waals surface area contributed by atoms with E-state index in [1.807, 2.05) is 44.2 Å². The van der Waals surface area contributed by atoms with Crippen LogP contribution in [0.2, 0.25) is 0 Å². The number of carbonyl (C=O) groups is 2. The maximum atomic E-state index is 13.4. The van der Waals surface area contributed by atoms with Gasteiger partial charge in [-0.05, 0) is 60.7 Å². The second-order valence-corrected chi connectivity index (χ2v) is 10.7. The highest BCUT2D eigenvalue weighted by Crippen LogP contribution is 2.21. The third-order valence-electron chi connectivity index (χ3n) is 7.34. The molecular formula is C33H42N4O7. The summed E-state index contributed by atoms with van der Waals surface area (Å²) in [4.78, 5) is 38.7. The Morgan fingerprint density at radius 2 is 1.52 bits per heavy atom. The van der Waals surface area contributed by atoms with Crippen LogP contribution in [0.25, 0.3) is 0 Å². The number of rotatable bonds is 17. The van der Waals surface area contributed by atoms with Gasteiger partial charge in [0, 0.05) is 42.9 Å². The summed E-state index contributed by atoms with van der Waals surface area (Å²) in [5, 5.41) is 48.8. The Morgan fingerprint density at radius 3 is 2.11 bits per heavy atom. The molecule has 236 valence electrons. The van der Waals surface area contributed by atoms with E-state index in [2.05, 4.69) is 10.6 Å². The van der Waals surface area contributed by atoms with Crippen molar-refractivity contribution < 1.29 is 29.8 Å². The summed E-state index contributed by atoms with van der Waals surface area (Å²) in [6, 6.07) is 19.5. The number of aliphatic hydroxyl groups is 3. The molecule has 5 N–H and O–H groups in total. The monoisotopic (exact) mass is 606 g/mol. The number of aliphatic hydroxyl groups excluding tert-OH is 3. The van der Waals surface area contributed by atoms with Crippen molar-refractivity contribution in [2.45, 2.75) is 57.4 Å². The fourth-order valence-electron chi connectivity index (χ4n) is 4.95. The lowest BCUT2D eigenvalue weighted by Gasteiger charge is -2.28. The van der Waals surface area contributed by atoms with Crippen LogP contribution in [0.5, 0.6) is 0 Å². The molecule has 3 rings (SSSR count). The summed E-state index contributed by atoms with van der Waals surface area (Å²) in [5.41, 5.74) is 1.80. The molecule has 0 aliphatic carbocycles. The van der Waals surface area contributed by atoms with E-state index >= 15 is 0 Å². The maximum absolute atomic E-state index is 13.4. The minimum atomic E-state index is -1.21. The van der Waals surface area contributed by atoms with E-state index in [0.717, 1.165) is 18.4 Å². The zero-order chi connectivity index (χ0) is 32.1. The van der Waals surface area contributed by atoms with Crippen molar-refractivity contribution in [1.82, 2.24) is 15.5 Å². The van der Waals surface area contributed by atoms with E-state index in [1.54, 1.807) is 29.2 Å². The molecule has 2 amide bonds. The van der Waals surface area contributed by atoms with Crippen LogP contribution in [0.1, 0.15) is 64.6 Å². The Bertz CT molecular complexity index is 1350. The highest BCUT2D eigenvalue weighted by Gasteiger charge is 2.27. The minimum absolute atomic E-state index is 0.0887. The van der Waals surface area contributed by atoms with E-state index < -0.39 is 41.7 Å². The van der Waals surface area contributed by atoms with Gasteiger partial charge in [0.2, 0.25) is 0 Å². The predicted molar refractivity (Wildman–Crippen MR) is 167 cm³/mol. The van der Waals surface area contributed by atoms with Gasteiger partial charge in [-0.1, -0.05) is 50.2 Å². The fraction of sp³-hybridized carbons (Fsp3) is 0.394. The molecule has 44 heavy (non-hydrogen) atoms. The molecule has 0 bridgehead atoms. The smallest absolute Gasteiger partial charge is 0.269 e. The SMILES string of the molecule is CCCN(CCC)C(=O)c1cccc(C(=O)N[C@@H](Cc2ccccc2)C(O)CN[C@@H](CO)C(O)c2ccc([N+](=O)[O-])cc2)c1. The number of benzene rings is 3. The van der Waals surface area contributed by atoms with Gasteiger partial charge in [-0.15, -0.1) is 0 Å². The molecule has 3 aromatic rings. The molecule has 0 heterocycles. The number of nitrogens with one attached hydrogen (secondary N) is 2. The van der Waals surface area contributed by atoms with Crippen molar-refractivity contribution in [3.05, 3.63) is 111 Å². The predicted octanol–water partition coefficient (Wildman–Crippen LogP) is 3.24. The molecule has 0 spiro atoms. The highest BCUT2D eigenvalue weighted by atomic mass is 16.6. The summed E-state index contributed by atoms with van der Waals surface area (Å²) in [6.07, 6.45) is -0.409. The molecule has 0 saturated carbocycles. The number of non-ortho nitro benzene ring substituents is 1. The van der Waals surface area contributed by atoms with Crippen molar-refractivity contribution in [3.63, 3.8) is 0 Å². The molecule has 11 heteroatoms. The summed E-state index contributed by atoms with van der Waals surface area (Å²) >= 11 is 0. The quantitative estimate of drug-likeness (QED) is 0.115. The van der Waals surface area contributed by atoms with Crippen LogP contribution in [0.4, 0.5) is 5.69 Å².